The highest BCUT2D eigenvalue weighted by Crippen LogP contribution is 2.54. The van der Waals surface area contributed by atoms with Crippen molar-refractivity contribution in [3.8, 4) is 5.75 Å². The fraction of sp³-hybridized carbons (Fsp3) is 0.455. The maximum Gasteiger partial charge on any atom is 0.123 e. The van der Waals surface area contributed by atoms with E-state index in [1.54, 1.807) is 12.1 Å². The van der Waals surface area contributed by atoms with Gasteiger partial charge in [-0.1, -0.05) is 0 Å². The van der Waals surface area contributed by atoms with E-state index < -0.39 is 0 Å². The Hall–Kier alpha value is -1.09. The Balaban J connectivity index is 2.14. The van der Waals surface area contributed by atoms with E-state index in [0.29, 0.717) is 6.61 Å². The van der Waals surface area contributed by atoms with Gasteiger partial charge in [0.25, 0.3) is 0 Å². The lowest BCUT2D eigenvalue weighted by molar-refractivity contribution is 0.257. The van der Waals surface area contributed by atoms with E-state index in [1.807, 2.05) is 0 Å². The maximum absolute atomic E-state index is 13.1. The van der Waals surface area contributed by atoms with E-state index in [1.165, 1.54) is 6.07 Å². The van der Waals surface area contributed by atoms with E-state index in [9.17, 15) is 4.39 Å². The van der Waals surface area contributed by atoms with E-state index >= 15 is 0 Å². The van der Waals surface area contributed by atoms with Crippen molar-refractivity contribution in [1.82, 2.24) is 0 Å². The molecular weight excluding hydrogens is 181 g/mol. The van der Waals surface area contributed by atoms with Gasteiger partial charge >= 0.3 is 0 Å². The normalized spacial score (nSPS) is 33.7. The highest BCUT2D eigenvalue weighted by molar-refractivity contribution is 5.47. The van der Waals surface area contributed by atoms with Crippen LogP contribution in [0.15, 0.2) is 18.2 Å². The summed E-state index contributed by atoms with van der Waals surface area (Å²) in [6.07, 6.45) is 1.89. The first-order chi connectivity index (χ1) is 6.72. The van der Waals surface area contributed by atoms with Gasteiger partial charge in [0, 0.05) is 17.0 Å². The quantitative estimate of drug-likeness (QED) is 0.679. The van der Waals surface area contributed by atoms with Crippen LogP contribution in [0, 0.1) is 5.82 Å². The Morgan fingerprint density at radius 1 is 1.50 bits per heavy atom. The van der Waals surface area contributed by atoms with E-state index in [2.05, 4.69) is 0 Å². The van der Waals surface area contributed by atoms with Crippen molar-refractivity contribution in [2.75, 3.05) is 6.61 Å². The van der Waals surface area contributed by atoms with Crippen molar-refractivity contribution >= 4 is 0 Å². The molecule has 1 saturated carbocycles. The number of rotatable bonds is 0. The second kappa shape index (κ2) is 2.48. The van der Waals surface area contributed by atoms with Crippen molar-refractivity contribution in [1.29, 1.82) is 0 Å². The van der Waals surface area contributed by atoms with Crippen LogP contribution < -0.4 is 10.5 Å². The Kier molecular flexibility index (Phi) is 1.46. The molecule has 2 nitrogen and oxygen atoms in total. The molecular formula is C11H12FNO. The molecule has 1 aromatic carbocycles. The molecule has 1 fully saturated rings. The fourth-order valence-corrected chi connectivity index (χ4v) is 2.43. The molecule has 1 heterocycles. The maximum atomic E-state index is 13.1. The van der Waals surface area contributed by atoms with Crippen LogP contribution in [0.4, 0.5) is 4.39 Å². The third-order valence-electron chi connectivity index (χ3n) is 3.42. The van der Waals surface area contributed by atoms with E-state index in [4.69, 9.17) is 10.5 Å². The molecule has 0 aromatic heterocycles. The van der Waals surface area contributed by atoms with E-state index in [-0.39, 0.29) is 17.3 Å². The Morgan fingerprint density at radius 3 is 3.00 bits per heavy atom. The van der Waals surface area contributed by atoms with Gasteiger partial charge in [-0.05, 0) is 31.0 Å². The van der Waals surface area contributed by atoms with Crippen molar-refractivity contribution in [2.45, 2.75) is 24.3 Å². The molecule has 1 aliphatic heterocycles. The highest BCUT2D eigenvalue weighted by atomic mass is 19.1. The molecule has 3 heteroatoms. The summed E-state index contributed by atoms with van der Waals surface area (Å²) >= 11 is 0. The zero-order chi connectivity index (χ0) is 9.76. The van der Waals surface area contributed by atoms with Gasteiger partial charge < -0.3 is 10.5 Å². The number of ether oxygens (including phenoxy) is 1. The third kappa shape index (κ3) is 0.932. The molecule has 74 valence electrons. The minimum absolute atomic E-state index is 0.0235. The van der Waals surface area contributed by atoms with Gasteiger partial charge in [0.15, 0.2) is 0 Å². The van der Waals surface area contributed by atoms with Gasteiger partial charge in [0.1, 0.15) is 11.6 Å². The second-order valence-electron chi connectivity index (χ2n) is 4.21. The Morgan fingerprint density at radius 2 is 2.29 bits per heavy atom. The lowest BCUT2D eigenvalue weighted by Crippen LogP contribution is -2.26. The number of halogens is 1. The zero-order valence-corrected chi connectivity index (χ0v) is 7.79. The second-order valence-corrected chi connectivity index (χ2v) is 4.21. The Labute approximate surface area is 81.9 Å². The highest BCUT2D eigenvalue weighted by Gasteiger charge is 2.55. The van der Waals surface area contributed by atoms with Gasteiger partial charge in [-0.25, -0.2) is 4.39 Å². The molecule has 1 spiro atoms. The first-order valence-corrected chi connectivity index (χ1v) is 4.91. The van der Waals surface area contributed by atoms with Crippen LogP contribution in [0.3, 0.4) is 0 Å². The lowest BCUT2D eigenvalue weighted by atomic mass is 9.89. The predicted molar refractivity (Wildman–Crippen MR) is 50.8 cm³/mol. The topological polar surface area (TPSA) is 35.2 Å². The summed E-state index contributed by atoms with van der Waals surface area (Å²) in [5, 5.41) is 0. The molecule has 0 bridgehead atoms. The van der Waals surface area contributed by atoms with Crippen LogP contribution in [0.2, 0.25) is 0 Å². The summed E-state index contributed by atoms with van der Waals surface area (Å²) in [5.41, 5.74) is 6.91. The van der Waals surface area contributed by atoms with Crippen molar-refractivity contribution in [3.63, 3.8) is 0 Å². The fourth-order valence-electron chi connectivity index (χ4n) is 2.43. The molecule has 3 rings (SSSR count). The first-order valence-electron chi connectivity index (χ1n) is 4.91. The minimum atomic E-state index is -0.201. The number of benzene rings is 1. The third-order valence-corrected chi connectivity index (χ3v) is 3.42. The standard InChI is InChI=1S/C11H12FNO/c12-7-1-2-9-8(5-7)11(3-4-14-9)6-10(11)13/h1-2,5,10H,3-4,6,13H2/t10-,11+/m1/s1. The zero-order valence-electron chi connectivity index (χ0n) is 7.79. The number of fused-ring (bicyclic) bond motifs is 2. The monoisotopic (exact) mass is 193 g/mol. The van der Waals surface area contributed by atoms with Gasteiger partial charge in [-0.3, -0.25) is 0 Å². The molecule has 0 saturated heterocycles. The van der Waals surface area contributed by atoms with Gasteiger partial charge in [0.05, 0.1) is 6.61 Å². The van der Waals surface area contributed by atoms with Crippen LogP contribution >= 0.6 is 0 Å². The average Bonchev–Trinajstić information content (AvgIpc) is 2.80. The minimum Gasteiger partial charge on any atom is -0.493 e. The molecule has 0 radical (unpaired) electrons. The number of nitrogens with two attached hydrogens (primary N) is 1. The average molecular weight is 193 g/mol. The summed E-state index contributed by atoms with van der Waals surface area (Å²) in [4.78, 5) is 0. The first kappa shape index (κ1) is 8.24. The molecule has 2 aliphatic rings. The summed E-state index contributed by atoms with van der Waals surface area (Å²) in [7, 11) is 0. The molecule has 2 N–H and O–H groups in total. The molecule has 1 aliphatic carbocycles. The number of hydrogen-bond donors (Lipinski definition) is 1. The van der Waals surface area contributed by atoms with Crippen LogP contribution in [0.5, 0.6) is 5.75 Å². The largest absolute Gasteiger partial charge is 0.493 e. The van der Waals surface area contributed by atoms with E-state index in [0.717, 1.165) is 24.2 Å². The number of hydrogen-bond acceptors (Lipinski definition) is 2. The molecule has 2 atom stereocenters. The van der Waals surface area contributed by atoms with Gasteiger partial charge in [0.2, 0.25) is 0 Å². The molecule has 1 aromatic rings. The summed E-state index contributed by atoms with van der Waals surface area (Å²) < 4.78 is 18.6. The predicted octanol–water partition coefficient (Wildman–Crippen LogP) is 1.58. The van der Waals surface area contributed by atoms with Crippen molar-refractivity contribution < 1.29 is 9.13 Å². The summed E-state index contributed by atoms with van der Waals surface area (Å²) in [5.74, 6) is 0.610. The van der Waals surface area contributed by atoms with Gasteiger partial charge in [-0.2, -0.15) is 0 Å². The molecule has 0 unspecified atom stereocenters. The van der Waals surface area contributed by atoms with Crippen LogP contribution in [-0.4, -0.2) is 12.6 Å². The van der Waals surface area contributed by atoms with Crippen LogP contribution in [-0.2, 0) is 5.41 Å². The Bertz CT molecular complexity index is 393. The van der Waals surface area contributed by atoms with Crippen molar-refractivity contribution in [2.24, 2.45) is 5.73 Å². The molecule has 0 amide bonds. The summed E-state index contributed by atoms with van der Waals surface area (Å²) in [6, 6.07) is 4.90. The summed E-state index contributed by atoms with van der Waals surface area (Å²) in [6.45, 7) is 0.701. The van der Waals surface area contributed by atoms with Gasteiger partial charge in [-0.15, -0.1) is 0 Å². The molecule has 14 heavy (non-hydrogen) atoms. The lowest BCUT2D eigenvalue weighted by Gasteiger charge is -2.26. The smallest absolute Gasteiger partial charge is 0.123 e. The van der Waals surface area contributed by atoms with Crippen LogP contribution in [0.1, 0.15) is 18.4 Å². The van der Waals surface area contributed by atoms with Crippen molar-refractivity contribution in [3.05, 3.63) is 29.6 Å². The SMILES string of the molecule is N[C@@H]1C[C@]12CCOc1ccc(F)cc12. The van der Waals surface area contributed by atoms with Crippen LogP contribution in [0.25, 0.3) is 0 Å².